The van der Waals surface area contributed by atoms with E-state index in [4.69, 9.17) is 0 Å². The van der Waals surface area contributed by atoms with Crippen LogP contribution in [0, 0.1) is 19.8 Å². The van der Waals surface area contributed by atoms with E-state index >= 15 is 0 Å². The van der Waals surface area contributed by atoms with Crippen LogP contribution in [0.5, 0.6) is 0 Å². The molecule has 2 heterocycles. The molecule has 0 spiro atoms. The van der Waals surface area contributed by atoms with Crippen LogP contribution in [-0.4, -0.2) is 15.9 Å². The van der Waals surface area contributed by atoms with Crippen LogP contribution in [0.2, 0.25) is 0 Å². The Morgan fingerprint density at radius 3 is 2.79 bits per heavy atom. The summed E-state index contributed by atoms with van der Waals surface area (Å²) in [6, 6.07) is 6.42. The predicted octanol–water partition coefficient (Wildman–Crippen LogP) is 3.83. The van der Waals surface area contributed by atoms with Crippen LogP contribution in [0.4, 0.5) is 5.82 Å². The highest BCUT2D eigenvalue weighted by Crippen LogP contribution is 2.37. The van der Waals surface area contributed by atoms with Gasteiger partial charge >= 0.3 is 0 Å². The SMILES string of the molecule is Cc1ccc(-c2csc3ncnc(NNC(=O)C4CC4)c23)cc1C. The Morgan fingerprint density at radius 2 is 2.04 bits per heavy atom. The van der Waals surface area contributed by atoms with Gasteiger partial charge in [-0.1, -0.05) is 18.2 Å². The molecule has 0 radical (unpaired) electrons. The molecule has 0 bridgehead atoms. The van der Waals surface area contributed by atoms with E-state index in [1.54, 1.807) is 11.3 Å². The van der Waals surface area contributed by atoms with Crippen LogP contribution in [0.3, 0.4) is 0 Å². The molecule has 1 aliphatic carbocycles. The Bertz CT molecular complexity index is 930. The highest BCUT2D eigenvalue weighted by molar-refractivity contribution is 7.17. The maximum atomic E-state index is 11.9. The predicted molar refractivity (Wildman–Crippen MR) is 96.8 cm³/mol. The number of nitrogens with zero attached hydrogens (tertiary/aromatic N) is 2. The molecular weight excluding hydrogens is 320 g/mol. The fourth-order valence-electron chi connectivity index (χ4n) is 2.66. The van der Waals surface area contributed by atoms with Crippen LogP contribution in [-0.2, 0) is 4.79 Å². The maximum Gasteiger partial charge on any atom is 0.241 e. The fourth-order valence-corrected chi connectivity index (χ4v) is 3.58. The molecule has 1 aromatic carbocycles. The molecule has 0 atom stereocenters. The summed E-state index contributed by atoms with van der Waals surface area (Å²) >= 11 is 1.58. The summed E-state index contributed by atoms with van der Waals surface area (Å²) in [5, 5.41) is 3.04. The first kappa shape index (κ1) is 15.1. The third-order valence-corrected chi connectivity index (χ3v) is 5.33. The Balaban J connectivity index is 1.73. The number of nitrogens with one attached hydrogen (secondary N) is 2. The van der Waals surface area contributed by atoms with Crippen LogP contribution < -0.4 is 10.9 Å². The molecule has 2 N–H and O–H groups in total. The third-order valence-electron chi connectivity index (χ3n) is 4.44. The Hall–Kier alpha value is -2.47. The number of fused-ring (bicyclic) bond motifs is 1. The van der Waals surface area contributed by atoms with Crippen molar-refractivity contribution < 1.29 is 4.79 Å². The van der Waals surface area contributed by atoms with E-state index in [1.807, 2.05) is 0 Å². The van der Waals surface area contributed by atoms with E-state index < -0.39 is 0 Å². The molecule has 1 amide bonds. The average molecular weight is 338 g/mol. The van der Waals surface area contributed by atoms with E-state index in [0.29, 0.717) is 5.82 Å². The van der Waals surface area contributed by atoms with Gasteiger partial charge in [0.15, 0.2) is 5.82 Å². The van der Waals surface area contributed by atoms with Crippen molar-refractivity contribution in [2.45, 2.75) is 26.7 Å². The first-order valence-electron chi connectivity index (χ1n) is 7.99. The number of hydrazine groups is 1. The normalized spacial score (nSPS) is 13.9. The number of rotatable bonds is 4. The van der Waals surface area contributed by atoms with Gasteiger partial charge in [0.25, 0.3) is 0 Å². The minimum atomic E-state index is 0.0322. The lowest BCUT2D eigenvalue weighted by molar-refractivity contribution is -0.121. The maximum absolute atomic E-state index is 11.9. The zero-order valence-electron chi connectivity index (χ0n) is 13.6. The first-order valence-corrected chi connectivity index (χ1v) is 8.87. The highest BCUT2D eigenvalue weighted by atomic mass is 32.1. The second-order valence-electron chi connectivity index (χ2n) is 6.24. The van der Waals surface area contributed by atoms with E-state index in [9.17, 15) is 4.79 Å². The summed E-state index contributed by atoms with van der Waals surface area (Å²) in [5.74, 6) is 0.824. The van der Waals surface area contributed by atoms with Gasteiger partial charge in [-0.3, -0.25) is 15.6 Å². The molecule has 0 saturated heterocycles. The van der Waals surface area contributed by atoms with Gasteiger partial charge in [0, 0.05) is 16.9 Å². The topological polar surface area (TPSA) is 66.9 Å². The molecule has 0 unspecified atom stereocenters. The molecule has 24 heavy (non-hydrogen) atoms. The Morgan fingerprint density at radius 1 is 1.21 bits per heavy atom. The third kappa shape index (κ3) is 2.73. The van der Waals surface area contributed by atoms with Crippen molar-refractivity contribution in [3.63, 3.8) is 0 Å². The van der Waals surface area contributed by atoms with Crippen molar-refractivity contribution in [3.05, 3.63) is 41.0 Å². The van der Waals surface area contributed by atoms with Gasteiger partial charge in [-0.15, -0.1) is 11.3 Å². The van der Waals surface area contributed by atoms with Gasteiger partial charge in [0.05, 0.1) is 5.39 Å². The second-order valence-corrected chi connectivity index (χ2v) is 7.10. The Labute approximate surface area is 144 Å². The van der Waals surface area contributed by atoms with E-state index in [2.05, 4.69) is 58.2 Å². The number of aryl methyl sites for hydroxylation is 2. The molecule has 1 aliphatic rings. The van der Waals surface area contributed by atoms with Gasteiger partial charge in [-0.2, -0.15) is 0 Å². The minimum Gasteiger partial charge on any atom is -0.281 e. The summed E-state index contributed by atoms with van der Waals surface area (Å²) in [4.78, 5) is 21.5. The standard InChI is InChI=1S/C18H18N4OS/c1-10-3-4-13(7-11(10)2)14-8-24-18-15(14)16(19-9-20-18)21-22-17(23)12-5-6-12/h3-4,7-9,12H,5-6H2,1-2H3,(H,22,23)(H,19,20,21). The van der Waals surface area contributed by atoms with Gasteiger partial charge < -0.3 is 0 Å². The van der Waals surface area contributed by atoms with Crippen molar-refractivity contribution in [1.29, 1.82) is 0 Å². The molecule has 122 valence electrons. The van der Waals surface area contributed by atoms with E-state index in [1.165, 1.54) is 17.5 Å². The molecule has 2 aromatic heterocycles. The highest BCUT2D eigenvalue weighted by Gasteiger charge is 2.29. The van der Waals surface area contributed by atoms with Gasteiger partial charge in [0.2, 0.25) is 5.91 Å². The summed E-state index contributed by atoms with van der Waals surface area (Å²) < 4.78 is 0. The van der Waals surface area contributed by atoms with E-state index in [0.717, 1.165) is 34.2 Å². The smallest absolute Gasteiger partial charge is 0.241 e. The Kier molecular flexibility index (Phi) is 3.69. The van der Waals surface area contributed by atoms with Gasteiger partial charge in [-0.25, -0.2) is 9.97 Å². The zero-order chi connectivity index (χ0) is 16.7. The summed E-state index contributed by atoms with van der Waals surface area (Å²) in [5.41, 5.74) is 10.5. The van der Waals surface area contributed by atoms with Gasteiger partial charge in [-0.05, 0) is 43.4 Å². The number of carbonyl (C=O) groups is 1. The number of anilines is 1. The van der Waals surface area contributed by atoms with Crippen LogP contribution in [0.25, 0.3) is 21.3 Å². The number of benzene rings is 1. The largest absolute Gasteiger partial charge is 0.281 e. The summed E-state index contributed by atoms with van der Waals surface area (Å²) in [7, 11) is 0. The number of hydrogen-bond acceptors (Lipinski definition) is 5. The number of carbonyl (C=O) groups excluding carboxylic acids is 1. The second kappa shape index (κ2) is 5.87. The molecule has 6 heteroatoms. The monoisotopic (exact) mass is 338 g/mol. The molecule has 1 saturated carbocycles. The molecule has 0 aliphatic heterocycles. The number of amides is 1. The van der Waals surface area contributed by atoms with Crippen molar-refractivity contribution in [3.8, 4) is 11.1 Å². The molecule has 3 aromatic rings. The van der Waals surface area contributed by atoms with Gasteiger partial charge in [0.1, 0.15) is 11.2 Å². The van der Waals surface area contributed by atoms with E-state index in [-0.39, 0.29) is 11.8 Å². The molecule has 4 rings (SSSR count). The number of aromatic nitrogens is 2. The summed E-state index contributed by atoms with van der Waals surface area (Å²) in [6.07, 6.45) is 3.46. The first-order chi connectivity index (χ1) is 11.6. The van der Waals surface area contributed by atoms with Crippen LogP contribution in [0.15, 0.2) is 29.9 Å². The molecular formula is C18H18N4OS. The van der Waals surface area contributed by atoms with Crippen molar-refractivity contribution in [2.24, 2.45) is 5.92 Å². The lowest BCUT2D eigenvalue weighted by Crippen LogP contribution is -2.31. The summed E-state index contributed by atoms with van der Waals surface area (Å²) in [6.45, 7) is 4.22. The lowest BCUT2D eigenvalue weighted by Gasteiger charge is -2.10. The zero-order valence-corrected chi connectivity index (χ0v) is 14.4. The molecule has 1 fully saturated rings. The lowest BCUT2D eigenvalue weighted by atomic mass is 10.0. The van der Waals surface area contributed by atoms with Crippen LogP contribution in [0.1, 0.15) is 24.0 Å². The number of thiophene rings is 1. The van der Waals surface area contributed by atoms with Crippen molar-refractivity contribution >= 4 is 33.3 Å². The number of hydrogen-bond donors (Lipinski definition) is 2. The van der Waals surface area contributed by atoms with Crippen molar-refractivity contribution in [2.75, 3.05) is 5.43 Å². The van der Waals surface area contributed by atoms with Crippen LogP contribution >= 0.6 is 11.3 Å². The average Bonchev–Trinajstić information content (AvgIpc) is 3.34. The fraction of sp³-hybridized carbons (Fsp3) is 0.278. The quantitative estimate of drug-likeness (QED) is 0.710. The minimum absolute atomic E-state index is 0.0322. The molecule has 5 nitrogen and oxygen atoms in total. The van der Waals surface area contributed by atoms with Crippen molar-refractivity contribution in [1.82, 2.24) is 15.4 Å².